The monoisotopic (exact) mass is 315 g/mol. The van der Waals surface area contributed by atoms with E-state index in [0.717, 1.165) is 37.4 Å². The summed E-state index contributed by atoms with van der Waals surface area (Å²) in [5.41, 5.74) is 0. The summed E-state index contributed by atoms with van der Waals surface area (Å²) in [6.07, 6.45) is 3.16. The number of ether oxygens (including phenoxy) is 1. The van der Waals surface area contributed by atoms with Crippen molar-refractivity contribution in [3.05, 3.63) is 0 Å². The molecule has 1 N–H and O–H groups in total. The molecule has 2 fully saturated rings. The lowest BCUT2D eigenvalue weighted by atomic mass is 9.93. The number of carbonyl (C=O) groups is 2. The molecule has 6 heteroatoms. The first-order valence-electron chi connectivity index (χ1n) is 7.73. The van der Waals surface area contributed by atoms with Crippen LogP contribution >= 0.6 is 11.8 Å². The minimum atomic E-state index is -0.909. The van der Waals surface area contributed by atoms with Gasteiger partial charge in [0.15, 0.2) is 0 Å². The maximum Gasteiger partial charge on any atom is 0.307 e. The number of aliphatic carboxylic acids is 1. The molecule has 120 valence electrons. The zero-order chi connectivity index (χ0) is 15.4. The van der Waals surface area contributed by atoms with E-state index >= 15 is 0 Å². The molecule has 2 rings (SSSR count). The Hall–Kier alpha value is -0.750. The molecule has 0 spiro atoms. The van der Waals surface area contributed by atoms with E-state index < -0.39 is 17.8 Å². The third-order valence-electron chi connectivity index (χ3n) is 4.58. The number of thioether (sulfide) groups is 1. The Labute approximate surface area is 130 Å². The standard InChI is InChI=1S/C15H25NO4S/c1-10(11(2)15(18)19)14(17)16(12-5-7-21-9-12)8-13-4-3-6-20-13/h10-13H,3-9H2,1-2H3,(H,18,19). The Morgan fingerprint density at radius 3 is 2.62 bits per heavy atom. The Kier molecular flexibility index (Phi) is 5.93. The second kappa shape index (κ2) is 7.49. The van der Waals surface area contributed by atoms with Crippen LogP contribution in [0, 0.1) is 11.8 Å². The van der Waals surface area contributed by atoms with Gasteiger partial charge in [-0.2, -0.15) is 11.8 Å². The van der Waals surface area contributed by atoms with Crippen LogP contribution in [-0.2, 0) is 14.3 Å². The van der Waals surface area contributed by atoms with E-state index in [1.165, 1.54) is 0 Å². The molecule has 4 atom stereocenters. The number of carbonyl (C=O) groups excluding carboxylic acids is 1. The molecule has 5 nitrogen and oxygen atoms in total. The number of rotatable bonds is 6. The van der Waals surface area contributed by atoms with E-state index in [9.17, 15) is 9.59 Å². The topological polar surface area (TPSA) is 66.8 Å². The van der Waals surface area contributed by atoms with E-state index in [2.05, 4.69) is 0 Å². The lowest BCUT2D eigenvalue weighted by molar-refractivity contribution is -0.150. The molecule has 0 aromatic carbocycles. The maximum absolute atomic E-state index is 12.8. The number of hydrogen-bond donors (Lipinski definition) is 1. The second-order valence-corrected chi connectivity index (χ2v) is 7.21. The van der Waals surface area contributed by atoms with Crippen molar-refractivity contribution in [2.45, 2.75) is 45.3 Å². The first-order valence-corrected chi connectivity index (χ1v) is 8.88. The fourth-order valence-corrected chi connectivity index (χ4v) is 4.11. The molecule has 2 saturated heterocycles. The van der Waals surface area contributed by atoms with Crippen molar-refractivity contribution in [3.8, 4) is 0 Å². The molecule has 0 aromatic heterocycles. The number of carboxylic acid groups (broad SMARTS) is 1. The molecule has 2 aliphatic heterocycles. The Bertz CT molecular complexity index is 378. The molecule has 0 saturated carbocycles. The summed E-state index contributed by atoms with van der Waals surface area (Å²) in [6, 6.07) is 0.232. The van der Waals surface area contributed by atoms with Crippen LogP contribution in [0.15, 0.2) is 0 Å². The van der Waals surface area contributed by atoms with Gasteiger partial charge in [-0.1, -0.05) is 13.8 Å². The Morgan fingerprint density at radius 1 is 1.33 bits per heavy atom. The molecule has 4 unspecified atom stereocenters. The highest BCUT2D eigenvalue weighted by molar-refractivity contribution is 7.99. The SMILES string of the molecule is CC(C(=O)O)C(C)C(=O)N(CC1CCCO1)C1CCSC1. The van der Waals surface area contributed by atoms with Gasteiger partial charge in [-0.05, 0) is 25.0 Å². The van der Waals surface area contributed by atoms with Crippen molar-refractivity contribution in [2.24, 2.45) is 11.8 Å². The third kappa shape index (κ3) is 4.13. The van der Waals surface area contributed by atoms with Crippen LogP contribution in [0.5, 0.6) is 0 Å². The molecule has 0 radical (unpaired) electrons. The predicted octanol–water partition coefficient (Wildman–Crippen LogP) is 1.86. The zero-order valence-corrected chi connectivity index (χ0v) is 13.6. The third-order valence-corrected chi connectivity index (χ3v) is 5.73. The van der Waals surface area contributed by atoms with Gasteiger partial charge in [0.2, 0.25) is 5.91 Å². The molecule has 0 bridgehead atoms. The fourth-order valence-electron chi connectivity index (χ4n) is 2.88. The lowest BCUT2D eigenvalue weighted by Crippen LogP contribution is -2.48. The molecular formula is C15H25NO4S. The summed E-state index contributed by atoms with van der Waals surface area (Å²) in [6.45, 7) is 4.72. The maximum atomic E-state index is 12.8. The number of amides is 1. The normalized spacial score (nSPS) is 28.3. The average Bonchev–Trinajstić information content (AvgIpc) is 3.14. The van der Waals surface area contributed by atoms with E-state index in [0.29, 0.717) is 6.54 Å². The van der Waals surface area contributed by atoms with Gasteiger partial charge in [-0.3, -0.25) is 9.59 Å². The van der Waals surface area contributed by atoms with Gasteiger partial charge >= 0.3 is 5.97 Å². The molecule has 1 amide bonds. The highest BCUT2D eigenvalue weighted by Crippen LogP contribution is 2.27. The summed E-state index contributed by atoms with van der Waals surface area (Å²) in [5, 5.41) is 9.13. The van der Waals surface area contributed by atoms with Crippen molar-refractivity contribution in [1.82, 2.24) is 4.90 Å². The van der Waals surface area contributed by atoms with Crippen LogP contribution in [-0.4, -0.2) is 58.7 Å². The van der Waals surface area contributed by atoms with Gasteiger partial charge < -0.3 is 14.7 Å². The lowest BCUT2D eigenvalue weighted by Gasteiger charge is -2.33. The number of hydrogen-bond acceptors (Lipinski definition) is 4. The van der Waals surface area contributed by atoms with Crippen LogP contribution < -0.4 is 0 Å². The Morgan fingerprint density at radius 2 is 2.10 bits per heavy atom. The molecule has 2 heterocycles. The Balaban J connectivity index is 2.05. The van der Waals surface area contributed by atoms with Gasteiger partial charge in [-0.25, -0.2) is 0 Å². The van der Waals surface area contributed by atoms with Crippen LogP contribution in [0.25, 0.3) is 0 Å². The molecule has 0 aliphatic carbocycles. The quantitative estimate of drug-likeness (QED) is 0.810. The van der Waals surface area contributed by atoms with Gasteiger partial charge in [0.1, 0.15) is 0 Å². The van der Waals surface area contributed by atoms with E-state index in [-0.39, 0.29) is 18.1 Å². The largest absolute Gasteiger partial charge is 0.481 e. The van der Waals surface area contributed by atoms with Crippen LogP contribution in [0.1, 0.15) is 33.1 Å². The average molecular weight is 315 g/mol. The van der Waals surface area contributed by atoms with E-state index in [1.54, 1.807) is 13.8 Å². The zero-order valence-electron chi connectivity index (χ0n) is 12.8. The highest BCUT2D eigenvalue weighted by atomic mass is 32.2. The van der Waals surface area contributed by atoms with Crippen molar-refractivity contribution in [2.75, 3.05) is 24.7 Å². The molecule has 0 aromatic rings. The van der Waals surface area contributed by atoms with Crippen LogP contribution in [0.2, 0.25) is 0 Å². The van der Waals surface area contributed by atoms with E-state index in [4.69, 9.17) is 9.84 Å². The van der Waals surface area contributed by atoms with Crippen LogP contribution in [0.3, 0.4) is 0 Å². The first kappa shape index (κ1) is 16.6. The first-order chi connectivity index (χ1) is 10.0. The van der Waals surface area contributed by atoms with Gasteiger partial charge in [-0.15, -0.1) is 0 Å². The van der Waals surface area contributed by atoms with E-state index in [1.807, 2.05) is 16.7 Å². The summed E-state index contributed by atoms with van der Waals surface area (Å²) in [4.78, 5) is 25.8. The summed E-state index contributed by atoms with van der Waals surface area (Å²) in [5.74, 6) is -0.0650. The van der Waals surface area contributed by atoms with Gasteiger partial charge in [0, 0.05) is 30.9 Å². The van der Waals surface area contributed by atoms with Crippen molar-refractivity contribution < 1.29 is 19.4 Å². The number of carboxylic acids is 1. The fraction of sp³-hybridized carbons (Fsp3) is 0.867. The smallest absolute Gasteiger partial charge is 0.307 e. The highest BCUT2D eigenvalue weighted by Gasteiger charge is 2.35. The minimum absolute atomic E-state index is 0.0344. The summed E-state index contributed by atoms with van der Waals surface area (Å²) >= 11 is 1.86. The van der Waals surface area contributed by atoms with Crippen molar-refractivity contribution >= 4 is 23.6 Å². The predicted molar refractivity (Wildman–Crippen MR) is 82.4 cm³/mol. The number of nitrogens with zero attached hydrogens (tertiary/aromatic N) is 1. The summed E-state index contributed by atoms with van der Waals surface area (Å²) < 4.78 is 5.66. The van der Waals surface area contributed by atoms with Gasteiger partial charge in [0.05, 0.1) is 12.0 Å². The molecular weight excluding hydrogens is 290 g/mol. The minimum Gasteiger partial charge on any atom is -0.481 e. The second-order valence-electron chi connectivity index (χ2n) is 6.06. The van der Waals surface area contributed by atoms with Crippen molar-refractivity contribution in [3.63, 3.8) is 0 Å². The van der Waals surface area contributed by atoms with Gasteiger partial charge in [0.25, 0.3) is 0 Å². The molecule has 2 aliphatic rings. The molecule has 21 heavy (non-hydrogen) atoms. The summed E-state index contributed by atoms with van der Waals surface area (Å²) in [7, 11) is 0. The van der Waals surface area contributed by atoms with Crippen LogP contribution in [0.4, 0.5) is 0 Å². The van der Waals surface area contributed by atoms with Crippen molar-refractivity contribution in [1.29, 1.82) is 0 Å².